The summed E-state index contributed by atoms with van der Waals surface area (Å²) in [5, 5.41) is 5.46. The first kappa shape index (κ1) is 9.36. The number of anilines is 1. The maximum absolute atomic E-state index is 5.60. The molecule has 2 heterocycles. The van der Waals surface area contributed by atoms with Crippen molar-refractivity contribution in [3.05, 3.63) is 34.1 Å². The van der Waals surface area contributed by atoms with Crippen LogP contribution in [-0.2, 0) is 6.54 Å². The highest BCUT2D eigenvalue weighted by Gasteiger charge is 1.96. The summed E-state index contributed by atoms with van der Waals surface area (Å²) in [5.74, 6) is 0.697. The van der Waals surface area contributed by atoms with Gasteiger partial charge in [0.1, 0.15) is 11.0 Å². The molecule has 6 heteroatoms. The van der Waals surface area contributed by atoms with E-state index in [4.69, 9.17) is 11.6 Å². The SMILES string of the molecule is Clc1cnc(NCc2cscn2)cn1. The quantitative estimate of drug-likeness (QED) is 0.872. The lowest BCUT2D eigenvalue weighted by atomic mass is 10.5. The third-order valence-corrected chi connectivity index (χ3v) is 2.38. The van der Waals surface area contributed by atoms with Crippen molar-refractivity contribution >= 4 is 28.8 Å². The lowest BCUT2D eigenvalue weighted by molar-refractivity contribution is 1.04. The summed E-state index contributed by atoms with van der Waals surface area (Å²) in [7, 11) is 0. The van der Waals surface area contributed by atoms with Gasteiger partial charge in [-0.15, -0.1) is 11.3 Å². The van der Waals surface area contributed by atoms with Crippen LogP contribution in [0.1, 0.15) is 5.69 Å². The van der Waals surface area contributed by atoms with E-state index in [9.17, 15) is 0 Å². The zero-order chi connectivity index (χ0) is 9.80. The van der Waals surface area contributed by atoms with Crippen LogP contribution in [0.5, 0.6) is 0 Å². The number of nitrogens with one attached hydrogen (secondary N) is 1. The molecule has 0 spiro atoms. The highest BCUT2D eigenvalue weighted by molar-refractivity contribution is 7.07. The lowest BCUT2D eigenvalue weighted by Crippen LogP contribution is -2.01. The van der Waals surface area contributed by atoms with Gasteiger partial charge in [0.25, 0.3) is 0 Å². The fourth-order valence-corrected chi connectivity index (χ4v) is 1.57. The molecular weight excluding hydrogens is 220 g/mol. The monoisotopic (exact) mass is 226 g/mol. The third kappa shape index (κ3) is 2.40. The van der Waals surface area contributed by atoms with E-state index in [1.807, 2.05) is 5.38 Å². The molecule has 2 aromatic rings. The van der Waals surface area contributed by atoms with Crippen LogP contribution in [0.4, 0.5) is 5.82 Å². The van der Waals surface area contributed by atoms with Gasteiger partial charge < -0.3 is 5.32 Å². The molecule has 0 aliphatic carbocycles. The van der Waals surface area contributed by atoms with E-state index in [2.05, 4.69) is 20.3 Å². The van der Waals surface area contributed by atoms with Gasteiger partial charge in [0.05, 0.1) is 30.1 Å². The number of halogens is 1. The summed E-state index contributed by atoms with van der Waals surface area (Å²) in [4.78, 5) is 12.1. The minimum Gasteiger partial charge on any atom is -0.363 e. The molecule has 0 unspecified atom stereocenters. The Labute approximate surface area is 90.0 Å². The van der Waals surface area contributed by atoms with Crippen LogP contribution < -0.4 is 5.32 Å². The van der Waals surface area contributed by atoms with E-state index in [1.54, 1.807) is 23.0 Å². The van der Waals surface area contributed by atoms with Crippen molar-refractivity contribution in [2.24, 2.45) is 0 Å². The summed E-state index contributed by atoms with van der Waals surface area (Å²) < 4.78 is 0. The second kappa shape index (κ2) is 4.34. The number of thiazole rings is 1. The number of rotatable bonds is 3. The molecule has 0 saturated heterocycles. The first-order valence-electron chi connectivity index (χ1n) is 3.93. The Hall–Kier alpha value is -1.20. The standard InChI is InChI=1S/C8H7ClN4S/c9-7-2-12-8(3-10-7)11-1-6-4-14-5-13-6/h2-5H,1H2,(H,11,12). The van der Waals surface area contributed by atoms with Crippen LogP contribution >= 0.6 is 22.9 Å². The molecule has 1 N–H and O–H groups in total. The second-order valence-electron chi connectivity index (χ2n) is 2.56. The smallest absolute Gasteiger partial charge is 0.147 e. The van der Waals surface area contributed by atoms with E-state index in [0.717, 1.165) is 5.69 Å². The normalized spacial score (nSPS) is 10.1. The number of hydrogen-bond acceptors (Lipinski definition) is 5. The van der Waals surface area contributed by atoms with Gasteiger partial charge in [0.15, 0.2) is 0 Å². The first-order valence-corrected chi connectivity index (χ1v) is 5.25. The summed E-state index contributed by atoms with van der Waals surface area (Å²) in [5.41, 5.74) is 2.79. The molecule has 72 valence electrons. The molecule has 0 saturated carbocycles. The predicted molar refractivity (Wildman–Crippen MR) is 56.5 cm³/mol. The zero-order valence-corrected chi connectivity index (χ0v) is 8.72. The summed E-state index contributed by atoms with van der Waals surface area (Å²) in [6, 6.07) is 0. The molecule has 0 aliphatic rings. The molecule has 14 heavy (non-hydrogen) atoms. The Kier molecular flexibility index (Phi) is 2.90. The van der Waals surface area contributed by atoms with Crippen molar-refractivity contribution in [3.8, 4) is 0 Å². The average molecular weight is 227 g/mol. The average Bonchev–Trinajstić information content (AvgIpc) is 2.70. The third-order valence-electron chi connectivity index (χ3n) is 1.55. The van der Waals surface area contributed by atoms with Crippen molar-refractivity contribution in [2.45, 2.75) is 6.54 Å². The van der Waals surface area contributed by atoms with Crippen molar-refractivity contribution in [3.63, 3.8) is 0 Å². The van der Waals surface area contributed by atoms with Gasteiger partial charge in [-0.05, 0) is 0 Å². The summed E-state index contributed by atoms with van der Waals surface area (Å²) >= 11 is 7.17. The second-order valence-corrected chi connectivity index (χ2v) is 3.66. The molecule has 0 aliphatic heterocycles. The van der Waals surface area contributed by atoms with E-state index in [1.165, 1.54) is 6.20 Å². The molecule has 0 radical (unpaired) electrons. The van der Waals surface area contributed by atoms with E-state index < -0.39 is 0 Å². The summed E-state index contributed by atoms with van der Waals surface area (Å²) in [6.07, 6.45) is 3.10. The molecule has 0 bridgehead atoms. The Morgan fingerprint density at radius 2 is 2.21 bits per heavy atom. The van der Waals surface area contributed by atoms with Crippen molar-refractivity contribution < 1.29 is 0 Å². The van der Waals surface area contributed by atoms with E-state index in [-0.39, 0.29) is 0 Å². The largest absolute Gasteiger partial charge is 0.363 e. The molecular formula is C8H7ClN4S. The molecule has 4 nitrogen and oxygen atoms in total. The molecule has 0 fully saturated rings. The summed E-state index contributed by atoms with van der Waals surface area (Å²) in [6.45, 7) is 0.653. The van der Waals surface area contributed by atoms with Crippen LogP contribution in [0, 0.1) is 0 Å². The topological polar surface area (TPSA) is 50.7 Å². The molecule has 2 aromatic heterocycles. The van der Waals surface area contributed by atoms with Crippen molar-refractivity contribution in [1.29, 1.82) is 0 Å². The molecule has 0 atom stereocenters. The maximum Gasteiger partial charge on any atom is 0.147 e. The first-order chi connectivity index (χ1) is 6.84. The highest BCUT2D eigenvalue weighted by atomic mass is 35.5. The van der Waals surface area contributed by atoms with Gasteiger partial charge in [-0.2, -0.15) is 0 Å². The number of aromatic nitrogens is 3. The van der Waals surface area contributed by atoms with Gasteiger partial charge in [0.2, 0.25) is 0 Å². The van der Waals surface area contributed by atoms with Gasteiger partial charge in [-0.25, -0.2) is 15.0 Å². The van der Waals surface area contributed by atoms with Gasteiger partial charge in [0, 0.05) is 5.38 Å². The van der Waals surface area contributed by atoms with Crippen molar-refractivity contribution in [1.82, 2.24) is 15.0 Å². The Balaban J connectivity index is 1.95. The fraction of sp³-hybridized carbons (Fsp3) is 0.125. The minimum atomic E-state index is 0.393. The fourth-order valence-electron chi connectivity index (χ4n) is 0.910. The van der Waals surface area contributed by atoms with Crippen LogP contribution in [0.3, 0.4) is 0 Å². The Morgan fingerprint density at radius 3 is 2.86 bits per heavy atom. The van der Waals surface area contributed by atoms with Crippen LogP contribution in [0.15, 0.2) is 23.3 Å². The molecule has 2 rings (SSSR count). The maximum atomic E-state index is 5.60. The Morgan fingerprint density at radius 1 is 1.29 bits per heavy atom. The number of nitrogens with zero attached hydrogens (tertiary/aromatic N) is 3. The molecule has 0 amide bonds. The number of hydrogen-bond donors (Lipinski definition) is 1. The Bertz CT molecular complexity index is 386. The van der Waals surface area contributed by atoms with Crippen LogP contribution in [-0.4, -0.2) is 15.0 Å². The van der Waals surface area contributed by atoms with Gasteiger partial charge in [-0.1, -0.05) is 11.6 Å². The van der Waals surface area contributed by atoms with Crippen molar-refractivity contribution in [2.75, 3.05) is 5.32 Å². The minimum absolute atomic E-state index is 0.393. The van der Waals surface area contributed by atoms with Crippen LogP contribution in [0.2, 0.25) is 5.15 Å². The predicted octanol–water partition coefficient (Wildman–Crippen LogP) is 2.20. The van der Waals surface area contributed by atoms with Gasteiger partial charge in [-0.3, -0.25) is 0 Å². The van der Waals surface area contributed by atoms with E-state index >= 15 is 0 Å². The lowest BCUT2D eigenvalue weighted by Gasteiger charge is -2.01. The zero-order valence-electron chi connectivity index (χ0n) is 7.14. The highest BCUT2D eigenvalue weighted by Crippen LogP contribution is 2.07. The van der Waals surface area contributed by atoms with Crippen LogP contribution in [0.25, 0.3) is 0 Å². The van der Waals surface area contributed by atoms with Gasteiger partial charge >= 0.3 is 0 Å². The van der Waals surface area contributed by atoms with E-state index in [0.29, 0.717) is 17.5 Å². The molecule has 0 aromatic carbocycles.